The second-order valence-electron chi connectivity index (χ2n) is 3.83. The first-order valence-electron chi connectivity index (χ1n) is 6.19. The van der Waals surface area contributed by atoms with E-state index in [9.17, 15) is 9.59 Å². The molecule has 0 aliphatic carbocycles. The SMILES string of the molecule is C=C(C)C(=O)O.C=C(C)C(=O)OCCCC.C=CC=C. The van der Waals surface area contributed by atoms with Crippen molar-refractivity contribution in [1.82, 2.24) is 0 Å². The second-order valence-corrected chi connectivity index (χ2v) is 3.83. The van der Waals surface area contributed by atoms with E-state index in [2.05, 4.69) is 33.2 Å². The fraction of sp³-hybridized carbons (Fsp3) is 0.375. The highest BCUT2D eigenvalue weighted by Gasteiger charge is 2.00. The van der Waals surface area contributed by atoms with Crippen molar-refractivity contribution >= 4 is 11.9 Å². The van der Waals surface area contributed by atoms with Crippen molar-refractivity contribution in [1.29, 1.82) is 0 Å². The van der Waals surface area contributed by atoms with Gasteiger partial charge >= 0.3 is 11.9 Å². The van der Waals surface area contributed by atoms with Crippen molar-refractivity contribution in [3.63, 3.8) is 0 Å². The zero-order valence-corrected chi connectivity index (χ0v) is 12.8. The summed E-state index contributed by atoms with van der Waals surface area (Å²) < 4.78 is 4.81. The first kappa shape index (κ1) is 23.0. The third kappa shape index (κ3) is 24.9. The number of carboxylic acids is 1. The van der Waals surface area contributed by atoms with E-state index in [1.165, 1.54) is 6.92 Å². The average Bonchev–Trinajstić information content (AvgIpc) is 2.39. The lowest BCUT2D eigenvalue weighted by Gasteiger charge is -2.01. The lowest BCUT2D eigenvalue weighted by molar-refractivity contribution is -0.139. The topological polar surface area (TPSA) is 63.6 Å². The Labute approximate surface area is 122 Å². The molecule has 20 heavy (non-hydrogen) atoms. The van der Waals surface area contributed by atoms with E-state index in [1.54, 1.807) is 19.1 Å². The third-order valence-corrected chi connectivity index (χ3v) is 1.61. The number of carboxylic acid groups (broad SMARTS) is 1. The average molecular weight is 282 g/mol. The zero-order valence-electron chi connectivity index (χ0n) is 12.8. The molecular formula is C16H26O4. The summed E-state index contributed by atoms with van der Waals surface area (Å²) in [5.41, 5.74) is 0.645. The molecule has 0 spiro atoms. The van der Waals surface area contributed by atoms with Gasteiger partial charge in [0.05, 0.1) is 6.61 Å². The molecule has 0 radical (unpaired) electrons. The van der Waals surface area contributed by atoms with Crippen LogP contribution in [0, 0.1) is 0 Å². The molecule has 0 aromatic heterocycles. The molecule has 0 bridgehead atoms. The quantitative estimate of drug-likeness (QED) is 0.347. The molecule has 0 aromatic rings. The van der Waals surface area contributed by atoms with Gasteiger partial charge in [-0.05, 0) is 20.3 Å². The Bertz CT molecular complexity index is 322. The van der Waals surface area contributed by atoms with Crippen LogP contribution in [0.3, 0.4) is 0 Å². The van der Waals surface area contributed by atoms with Crippen LogP contribution >= 0.6 is 0 Å². The molecule has 114 valence electrons. The van der Waals surface area contributed by atoms with Gasteiger partial charge in [0.15, 0.2) is 0 Å². The van der Waals surface area contributed by atoms with Crippen LogP contribution in [-0.2, 0) is 14.3 Å². The highest BCUT2D eigenvalue weighted by molar-refractivity contribution is 5.86. The minimum atomic E-state index is -0.935. The molecule has 0 fully saturated rings. The number of rotatable bonds is 6. The molecule has 0 aromatic carbocycles. The summed E-state index contributed by atoms with van der Waals surface area (Å²) >= 11 is 0. The zero-order chi connectivity index (χ0) is 16.6. The molecule has 0 unspecified atom stereocenters. The second kappa shape index (κ2) is 16.9. The van der Waals surface area contributed by atoms with E-state index in [1.807, 2.05) is 0 Å². The van der Waals surface area contributed by atoms with Crippen LogP contribution in [0.15, 0.2) is 49.6 Å². The van der Waals surface area contributed by atoms with Gasteiger partial charge in [-0.15, -0.1) is 0 Å². The van der Waals surface area contributed by atoms with Crippen LogP contribution in [0.4, 0.5) is 0 Å². The number of hydrogen-bond acceptors (Lipinski definition) is 3. The molecule has 0 heterocycles. The molecule has 0 saturated heterocycles. The van der Waals surface area contributed by atoms with Gasteiger partial charge in [0.25, 0.3) is 0 Å². The van der Waals surface area contributed by atoms with Crippen LogP contribution in [0.5, 0.6) is 0 Å². The predicted molar refractivity (Wildman–Crippen MR) is 83.5 cm³/mol. The number of unbranched alkanes of at least 4 members (excludes halogenated alkanes) is 1. The fourth-order valence-electron chi connectivity index (χ4n) is 0.432. The lowest BCUT2D eigenvalue weighted by atomic mass is 10.3. The van der Waals surface area contributed by atoms with Crippen molar-refractivity contribution in [2.24, 2.45) is 0 Å². The fourth-order valence-corrected chi connectivity index (χ4v) is 0.432. The Morgan fingerprint density at radius 3 is 1.70 bits per heavy atom. The summed E-state index contributed by atoms with van der Waals surface area (Å²) in [6.07, 6.45) is 5.25. The summed E-state index contributed by atoms with van der Waals surface area (Å²) in [5, 5.41) is 7.89. The number of carbonyl (C=O) groups excluding carboxylic acids is 1. The smallest absolute Gasteiger partial charge is 0.333 e. The van der Waals surface area contributed by atoms with Crippen LogP contribution in [0.25, 0.3) is 0 Å². The van der Waals surface area contributed by atoms with Crippen LogP contribution in [0.2, 0.25) is 0 Å². The molecule has 0 amide bonds. The summed E-state index contributed by atoms with van der Waals surface area (Å²) in [4.78, 5) is 20.3. The van der Waals surface area contributed by atoms with Gasteiger partial charge in [-0.25, -0.2) is 9.59 Å². The van der Waals surface area contributed by atoms with Gasteiger partial charge in [0, 0.05) is 11.1 Å². The van der Waals surface area contributed by atoms with Crippen molar-refractivity contribution in [2.75, 3.05) is 6.61 Å². The molecule has 0 saturated carbocycles. The first-order valence-corrected chi connectivity index (χ1v) is 6.19. The van der Waals surface area contributed by atoms with Gasteiger partial charge in [-0.2, -0.15) is 0 Å². The predicted octanol–water partition coefficient (Wildman–Crippen LogP) is 3.91. The molecule has 4 nitrogen and oxygen atoms in total. The van der Waals surface area contributed by atoms with E-state index in [-0.39, 0.29) is 11.5 Å². The Morgan fingerprint density at radius 2 is 1.50 bits per heavy atom. The molecule has 4 heteroatoms. The highest BCUT2D eigenvalue weighted by atomic mass is 16.5. The molecule has 0 atom stereocenters. The maximum Gasteiger partial charge on any atom is 0.333 e. The van der Waals surface area contributed by atoms with Gasteiger partial charge in [0.1, 0.15) is 0 Å². The summed E-state index contributed by atoms with van der Waals surface area (Å²) in [6.45, 7) is 19.0. The van der Waals surface area contributed by atoms with Gasteiger partial charge in [-0.3, -0.25) is 0 Å². The number of aliphatic carboxylic acids is 1. The van der Waals surface area contributed by atoms with E-state index < -0.39 is 5.97 Å². The van der Waals surface area contributed by atoms with Crippen molar-refractivity contribution in [2.45, 2.75) is 33.6 Å². The van der Waals surface area contributed by atoms with Crippen LogP contribution in [-0.4, -0.2) is 23.7 Å². The van der Waals surface area contributed by atoms with Gasteiger partial charge in [-0.1, -0.05) is 51.8 Å². The number of hydrogen-bond donors (Lipinski definition) is 1. The molecule has 0 aliphatic heterocycles. The minimum absolute atomic E-state index is 0.176. The molecule has 1 N–H and O–H groups in total. The van der Waals surface area contributed by atoms with Crippen molar-refractivity contribution < 1.29 is 19.4 Å². The molecule has 0 aliphatic rings. The number of esters is 1. The molecular weight excluding hydrogens is 256 g/mol. The number of allylic oxidation sites excluding steroid dienone is 2. The highest BCUT2D eigenvalue weighted by Crippen LogP contribution is 1.94. The lowest BCUT2D eigenvalue weighted by Crippen LogP contribution is -2.05. The Kier molecular flexibility index (Phi) is 19.5. The van der Waals surface area contributed by atoms with Crippen molar-refractivity contribution in [3.05, 3.63) is 49.6 Å². The maximum absolute atomic E-state index is 10.7. The Balaban J connectivity index is -0.000000246. The monoisotopic (exact) mass is 282 g/mol. The molecule has 0 rings (SSSR count). The van der Waals surface area contributed by atoms with E-state index in [4.69, 9.17) is 9.84 Å². The Morgan fingerprint density at radius 1 is 1.10 bits per heavy atom. The van der Waals surface area contributed by atoms with E-state index >= 15 is 0 Å². The summed E-state index contributed by atoms with van der Waals surface area (Å²) in [7, 11) is 0. The standard InChI is InChI=1S/C8H14O2.C4H6O2.C4H6/c1-4-5-6-10-8(9)7(2)3;1-3(2)4(5)6;1-3-4-2/h2,4-6H2,1,3H3;1H2,2H3,(H,5,6);3-4H,1-2H2. The summed E-state index contributed by atoms with van der Waals surface area (Å²) in [5.74, 6) is -1.22. The van der Waals surface area contributed by atoms with Gasteiger partial charge < -0.3 is 9.84 Å². The number of ether oxygens (including phenoxy) is 1. The van der Waals surface area contributed by atoms with Gasteiger partial charge in [0.2, 0.25) is 0 Å². The largest absolute Gasteiger partial charge is 0.478 e. The Hall–Kier alpha value is -2.10. The normalized spacial score (nSPS) is 7.75. The maximum atomic E-state index is 10.7. The first-order chi connectivity index (χ1) is 9.24. The van der Waals surface area contributed by atoms with E-state index in [0.717, 1.165) is 12.8 Å². The minimum Gasteiger partial charge on any atom is -0.478 e. The van der Waals surface area contributed by atoms with E-state index in [0.29, 0.717) is 12.2 Å². The third-order valence-electron chi connectivity index (χ3n) is 1.61. The van der Waals surface area contributed by atoms with Crippen LogP contribution in [0.1, 0.15) is 33.6 Å². The van der Waals surface area contributed by atoms with Crippen molar-refractivity contribution in [3.8, 4) is 0 Å². The van der Waals surface area contributed by atoms with Crippen LogP contribution < -0.4 is 0 Å². The summed E-state index contributed by atoms with van der Waals surface area (Å²) in [6, 6.07) is 0. The number of carbonyl (C=O) groups is 2.